The Morgan fingerprint density at radius 3 is 2.58 bits per heavy atom. The van der Waals surface area contributed by atoms with E-state index in [4.69, 9.17) is 5.11 Å². The first-order valence-electron chi connectivity index (χ1n) is 7.78. The van der Waals surface area contributed by atoms with Crippen LogP contribution in [0.4, 0.5) is 5.69 Å². The minimum atomic E-state index is -0.742. The summed E-state index contributed by atoms with van der Waals surface area (Å²) < 4.78 is 0. The molecule has 1 aliphatic rings. The maximum Gasteiger partial charge on any atom is 0.310 e. The molecule has 1 aliphatic heterocycles. The highest BCUT2D eigenvalue weighted by Crippen LogP contribution is 2.34. The zero-order valence-electron chi connectivity index (χ0n) is 12.9. The van der Waals surface area contributed by atoms with Gasteiger partial charge < -0.3 is 15.1 Å². The second kappa shape index (κ2) is 5.53. The van der Waals surface area contributed by atoms with Crippen molar-refractivity contribution in [1.82, 2.24) is 4.98 Å². The van der Waals surface area contributed by atoms with Crippen molar-refractivity contribution < 1.29 is 15.0 Å². The van der Waals surface area contributed by atoms with Crippen LogP contribution in [-0.4, -0.2) is 34.3 Å². The predicted octanol–water partition coefficient (Wildman–Crippen LogP) is 3.13. The van der Waals surface area contributed by atoms with Crippen molar-refractivity contribution in [3.63, 3.8) is 0 Å². The largest absolute Gasteiger partial charge is 0.506 e. The molecule has 1 saturated heterocycles. The number of benzene rings is 2. The zero-order valence-corrected chi connectivity index (χ0v) is 12.9. The number of carbonyl (C=O) groups is 1. The lowest BCUT2D eigenvalue weighted by Gasteiger charge is -2.38. The second-order valence-electron chi connectivity index (χ2n) is 6.03. The monoisotopic (exact) mass is 320 g/mol. The molecular weight excluding hydrogens is 304 g/mol. The van der Waals surface area contributed by atoms with E-state index in [-0.39, 0.29) is 11.7 Å². The van der Waals surface area contributed by atoms with E-state index in [0.29, 0.717) is 13.1 Å². The number of hydrogen-bond acceptors (Lipinski definition) is 4. The molecule has 0 saturated carbocycles. The van der Waals surface area contributed by atoms with Gasteiger partial charge in [-0.15, -0.1) is 0 Å². The summed E-state index contributed by atoms with van der Waals surface area (Å²) in [5.41, 5.74) is 2.74. The number of pyridine rings is 1. The summed E-state index contributed by atoms with van der Waals surface area (Å²) in [7, 11) is 0. The van der Waals surface area contributed by atoms with Crippen LogP contribution in [0.1, 0.15) is 0 Å². The number of aromatic nitrogens is 1. The molecule has 4 rings (SSSR count). The number of hydrogen-bond donors (Lipinski definition) is 2. The van der Waals surface area contributed by atoms with E-state index in [0.717, 1.165) is 27.7 Å². The molecule has 2 aromatic carbocycles. The van der Waals surface area contributed by atoms with Gasteiger partial charge in [-0.1, -0.05) is 36.4 Å². The minimum Gasteiger partial charge on any atom is -0.506 e. The normalized spacial score (nSPS) is 14.6. The molecule has 0 unspecified atom stereocenters. The molecule has 0 spiro atoms. The number of nitrogens with zero attached hydrogens (tertiary/aromatic N) is 2. The first-order chi connectivity index (χ1) is 11.6. The molecule has 5 heteroatoms. The van der Waals surface area contributed by atoms with Gasteiger partial charge in [-0.3, -0.25) is 9.78 Å². The quantitative estimate of drug-likeness (QED) is 0.775. The lowest BCUT2D eigenvalue weighted by molar-refractivity contribution is -0.142. The Kier molecular flexibility index (Phi) is 3.34. The first-order valence-corrected chi connectivity index (χ1v) is 7.78. The topological polar surface area (TPSA) is 73.7 Å². The summed E-state index contributed by atoms with van der Waals surface area (Å²) in [4.78, 5) is 17.4. The van der Waals surface area contributed by atoms with E-state index < -0.39 is 5.97 Å². The predicted molar refractivity (Wildman–Crippen MR) is 92.2 cm³/mol. The maximum atomic E-state index is 11.0. The van der Waals surface area contributed by atoms with Crippen LogP contribution in [0.25, 0.3) is 22.0 Å². The van der Waals surface area contributed by atoms with Crippen LogP contribution >= 0.6 is 0 Å². The number of carboxylic acids is 1. The Bertz CT molecular complexity index is 933. The Balaban J connectivity index is 1.72. The molecule has 0 atom stereocenters. The van der Waals surface area contributed by atoms with Gasteiger partial charge in [0, 0.05) is 35.1 Å². The number of carboxylic acid groups (broad SMARTS) is 1. The summed E-state index contributed by atoms with van der Waals surface area (Å²) in [5, 5.41) is 20.7. The lowest BCUT2D eigenvalue weighted by Crippen LogP contribution is -2.50. The number of anilines is 1. The molecule has 0 bridgehead atoms. The molecule has 1 aromatic heterocycles. The fourth-order valence-electron chi connectivity index (χ4n) is 3.10. The van der Waals surface area contributed by atoms with Gasteiger partial charge in [0.05, 0.1) is 17.8 Å². The van der Waals surface area contributed by atoms with Crippen molar-refractivity contribution >= 4 is 22.4 Å². The summed E-state index contributed by atoms with van der Waals surface area (Å²) in [6.07, 6.45) is 1.47. The highest BCUT2D eigenvalue weighted by atomic mass is 16.4. The summed E-state index contributed by atoms with van der Waals surface area (Å²) >= 11 is 0. The highest BCUT2D eigenvalue weighted by molar-refractivity contribution is 5.98. The van der Waals surface area contributed by atoms with Gasteiger partial charge in [0.1, 0.15) is 5.75 Å². The molecule has 0 radical (unpaired) electrons. The molecule has 1 fully saturated rings. The van der Waals surface area contributed by atoms with Crippen molar-refractivity contribution in [2.75, 3.05) is 18.0 Å². The Morgan fingerprint density at radius 2 is 1.83 bits per heavy atom. The van der Waals surface area contributed by atoms with Crippen LogP contribution in [0.5, 0.6) is 5.75 Å². The van der Waals surface area contributed by atoms with E-state index in [1.807, 2.05) is 53.4 Å². The van der Waals surface area contributed by atoms with Gasteiger partial charge in [-0.25, -0.2) is 0 Å². The van der Waals surface area contributed by atoms with Crippen LogP contribution in [0.3, 0.4) is 0 Å². The Morgan fingerprint density at radius 1 is 1.08 bits per heavy atom. The second-order valence-corrected chi connectivity index (χ2v) is 6.03. The highest BCUT2D eigenvalue weighted by Gasteiger charge is 2.32. The SMILES string of the molecule is O=C(O)C1CN(c2cccc(-c3ncc(O)c4ccccc34)c2)C1. The average Bonchev–Trinajstić information content (AvgIpc) is 2.54. The molecule has 0 amide bonds. The van der Waals surface area contributed by atoms with Crippen LogP contribution in [0.2, 0.25) is 0 Å². The third kappa shape index (κ3) is 2.34. The fourth-order valence-corrected chi connectivity index (χ4v) is 3.10. The van der Waals surface area contributed by atoms with Crippen molar-refractivity contribution in [3.05, 3.63) is 54.7 Å². The van der Waals surface area contributed by atoms with Crippen molar-refractivity contribution in [2.24, 2.45) is 5.92 Å². The average molecular weight is 320 g/mol. The lowest BCUT2D eigenvalue weighted by atomic mass is 9.98. The summed E-state index contributed by atoms with van der Waals surface area (Å²) in [6.45, 7) is 1.06. The standard InChI is InChI=1S/C19H16N2O3/c22-17-9-20-18(16-7-2-1-6-15(16)17)12-4-3-5-14(8-12)21-10-13(11-21)19(23)24/h1-9,13,22H,10-11H2,(H,23,24). The van der Waals surface area contributed by atoms with Gasteiger partial charge in [0.25, 0.3) is 0 Å². The number of fused-ring (bicyclic) bond motifs is 1. The van der Waals surface area contributed by atoms with E-state index in [1.165, 1.54) is 6.20 Å². The maximum absolute atomic E-state index is 11.0. The van der Waals surface area contributed by atoms with E-state index in [2.05, 4.69) is 4.98 Å². The van der Waals surface area contributed by atoms with Gasteiger partial charge in [-0.2, -0.15) is 0 Å². The molecule has 5 nitrogen and oxygen atoms in total. The molecule has 120 valence electrons. The molecule has 24 heavy (non-hydrogen) atoms. The molecule has 3 aromatic rings. The first kappa shape index (κ1) is 14.5. The molecular formula is C19H16N2O3. The van der Waals surface area contributed by atoms with Crippen molar-refractivity contribution in [1.29, 1.82) is 0 Å². The van der Waals surface area contributed by atoms with Crippen LogP contribution < -0.4 is 4.90 Å². The van der Waals surface area contributed by atoms with Gasteiger partial charge in [0.2, 0.25) is 0 Å². The van der Waals surface area contributed by atoms with Gasteiger partial charge in [0.15, 0.2) is 0 Å². The summed E-state index contributed by atoms with van der Waals surface area (Å²) in [5.74, 6) is -0.868. The van der Waals surface area contributed by atoms with Crippen molar-refractivity contribution in [2.45, 2.75) is 0 Å². The number of aromatic hydroxyl groups is 1. The fraction of sp³-hybridized carbons (Fsp3) is 0.158. The number of aliphatic carboxylic acids is 1. The van der Waals surface area contributed by atoms with Gasteiger partial charge in [-0.05, 0) is 12.1 Å². The molecule has 0 aliphatic carbocycles. The van der Waals surface area contributed by atoms with Crippen LogP contribution in [-0.2, 0) is 4.79 Å². The van der Waals surface area contributed by atoms with E-state index in [9.17, 15) is 9.90 Å². The Hall–Kier alpha value is -3.08. The van der Waals surface area contributed by atoms with Crippen LogP contribution in [0.15, 0.2) is 54.7 Å². The minimum absolute atomic E-state index is 0.164. The van der Waals surface area contributed by atoms with Gasteiger partial charge >= 0.3 is 5.97 Å². The van der Waals surface area contributed by atoms with E-state index in [1.54, 1.807) is 0 Å². The third-order valence-corrected chi connectivity index (χ3v) is 4.49. The smallest absolute Gasteiger partial charge is 0.310 e. The number of rotatable bonds is 3. The third-order valence-electron chi connectivity index (χ3n) is 4.49. The zero-order chi connectivity index (χ0) is 16.7. The van der Waals surface area contributed by atoms with Crippen LogP contribution in [0, 0.1) is 5.92 Å². The molecule has 2 heterocycles. The summed E-state index contributed by atoms with van der Waals surface area (Å²) in [6, 6.07) is 15.5. The van der Waals surface area contributed by atoms with Crippen molar-refractivity contribution in [3.8, 4) is 17.0 Å². The molecule has 2 N–H and O–H groups in total. The van der Waals surface area contributed by atoms with E-state index >= 15 is 0 Å². The Labute approximate surface area is 138 Å².